The molecule has 0 fully saturated rings. The van der Waals surface area contributed by atoms with Crippen molar-refractivity contribution in [2.75, 3.05) is 0 Å². The number of para-hydroxylation sites is 1. The minimum Gasteiger partial charge on any atom is -0.457 e. The minimum absolute atomic E-state index is 0.250. The first kappa shape index (κ1) is 16.9. The molecule has 0 saturated heterocycles. The van der Waals surface area contributed by atoms with Gasteiger partial charge in [-0.1, -0.05) is 78.4 Å². The molecule has 1 aliphatic heterocycles. The second kappa shape index (κ2) is 7.38. The second-order valence-electron chi connectivity index (χ2n) is 6.46. The van der Waals surface area contributed by atoms with Crippen molar-refractivity contribution in [3.63, 3.8) is 0 Å². The standard InChI is InChI=1S/C23H20N2O2/c1-16-12-14-18(15-13-16)21-22(27-19-10-6-3-7-11-19)20(24-23(26)25-21)17-8-4-2-5-9-17/h2-15,21H,1H3,(H2,24,25,26). The number of ether oxygens (including phenoxy) is 1. The van der Waals surface area contributed by atoms with Gasteiger partial charge in [-0.3, -0.25) is 0 Å². The maximum atomic E-state index is 12.4. The number of benzene rings is 3. The molecule has 0 aromatic heterocycles. The lowest BCUT2D eigenvalue weighted by Gasteiger charge is -2.30. The zero-order valence-corrected chi connectivity index (χ0v) is 15.0. The van der Waals surface area contributed by atoms with Crippen molar-refractivity contribution in [3.05, 3.63) is 107 Å². The molecule has 2 N–H and O–H groups in total. The van der Waals surface area contributed by atoms with Crippen molar-refractivity contribution in [2.24, 2.45) is 0 Å². The Kier molecular flexibility index (Phi) is 4.62. The molecule has 0 spiro atoms. The van der Waals surface area contributed by atoms with Crippen LogP contribution in [0.5, 0.6) is 5.75 Å². The summed E-state index contributed by atoms with van der Waals surface area (Å²) in [5.41, 5.74) is 3.70. The van der Waals surface area contributed by atoms with Gasteiger partial charge in [0.1, 0.15) is 11.8 Å². The third-order valence-electron chi connectivity index (χ3n) is 4.47. The molecule has 4 heteroatoms. The van der Waals surface area contributed by atoms with Gasteiger partial charge in [0.05, 0.1) is 5.70 Å². The van der Waals surface area contributed by atoms with Crippen molar-refractivity contribution < 1.29 is 9.53 Å². The Morgan fingerprint density at radius 2 is 1.44 bits per heavy atom. The summed E-state index contributed by atoms with van der Waals surface area (Å²) in [6.45, 7) is 2.04. The van der Waals surface area contributed by atoms with E-state index in [4.69, 9.17) is 4.74 Å². The van der Waals surface area contributed by atoms with Gasteiger partial charge in [0.2, 0.25) is 0 Å². The normalized spacial score (nSPS) is 16.5. The Bertz CT molecular complexity index is 964. The Labute approximate surface area is 158 Å². The topological polar surface area (TPSA) is 50.4 Å². The first-order chi connectivity index (χ1) is 13.2. The number of amides is 2. The summed E-state index contributed by atoms with van der Waals surface area (Å²) in [7, 11) is 0. The molecule has 0 aliphatic carbocycles. The number of aryl methyl sites for hydroxylation is 1. The molecule has 3 aromatic rings. The number of hydrogen-bond acceptors (Lipinski definition) is 2. The number of carbonyl (C=O) groups excluding carboxylic acids is 1. The van der Waals surface area contributed by atoms with Gasteiger partial charge in [0.15, 0.2) is 5.76 Å². The summed E-state index contributed by atoms with van der Waals surface area (Å²) in [5.74, 6) is 1.38. The lowest BCUT2D eigenvalue weighted by Crippen LogP contribution is -2.44. The monoisotopic (exact) mass is 356 g/mol. The van der Waals surface area contributed by atoms with E-state index in [2.05, 4.69) is 10.6 Å². The number of rotatable bonds is 4. The third-order valence-corrected chi connectivity index (χ3v) is 4.47. The number of carbonyl (C=O) groups is 1. The van der Waals surface area contributed by atoms with Crippen LogP contribution in [-0.4, -0.2) is 6.03 Å². The first-order valence-electron chi connectivity index (χ1n) is 8.87. The molecule has 0 radical (unpaired) electrons. The molecule has 1 aliphatic rings. The smallest absolute Gasteiger partial charge is 0.320 e. The Morgan fingerprint density at radius 3 is 2.11 bits per heavy atom. The first-order valence-corrected chi connectivity index (χ1v) is 8.87. The number of urea groups is 1. The molecular formula is C23H20N2O2. The molecule has 0 saturated carbocycles. The van der Waals surface area contributed by atoms with Gasteiger partial charge in [-0.15, -0.1) is 0 Å². The van der Waals surface area contributed by atoms with Gasteiger partial charge in [-0.2, -0.15) is 0 Å². The molecule has 1 heterocycles. The van der Waals surface area contributed by atoms with E-state index in [0.29, 0.717) is 11.5 Å². The highest BCUT2D eigenvalue weighted by molar-refractivity contribution is 5.89. The van der Waals surface area contributed by atoms with E-state index in [9.17, 15) is 4.79 Å². The van der Waals surface area contributed by atoms with Crippen LogP contribution in [0.25, 0.3) is 5.70 Å². The van der Waals surface area contributed by atoms with Crippen LogP contribution in [0.4, 0.5) is 4.79 Å². The van der Waals surface area contributed by atoms with Gasteiger partial charge >= 0.3 is 6.03 Å². The fraction of sp³-hybridized carbons (Fsp3) is 0.0870. The van der Waals surface area contributed by atoms with Crippen LogP contribution in [0.2, 0.25) is 0 Å². The van der Waals surface area contributed by atoms with Crippen LogP contribution in [0.15, 0.2) is 90.7 Å². The van der Waals surface area contributed by atoms with Crippen LogP contribution >= 0.6 is 0 Å². The fourth-order valence-corrected chi connectivity index (χ4v) is 3.09. The molecule has 4 nitrogen and oxygen atoms in total. The predicted molar refractivity (Wildman–Crippen MR) is 106 cm³/mol. The van der Waals surface area contributed by atoms with Crippen LogP contribution in [0.3, 0.4) is 0 Å². The second-order valence-corrected chi connectivity index (χ2v) is 6.46. The summed E-state index contributed by atoms with van der Waals surface area (Å²) in [6.07, 6.45) is 0. The molecule has 27 heavy (non-hydrogen) atoms. The zero-order valence-electron chi connectivity index (χ0n) is 15.0. The highest BCUT2D eigenvalue weighted by Crippen LogP contribution is 2.33. The number of nitrogens with one attached hydrogen (secondary N) is 2. The summed E-state index contributed by atoms with van der Waals surface area (Å²) in [6, 6.07) is 26.8. The molecule has 4 rings (SSSR count). The largest absolute Gasteiger partial charge is 0.457 e. The summed E-state index contributed by atoms with van der Waals surface area (Å²) in [5, 5.41) is 5.91. The van der Waals surface area contributed by atoms with Crippen molar-refractivity contribution in [2.45, 2.75) is 13.0 Å². The maximum absolute atomic E-state index is 12.4. The van der Waals surface area contributed by atoms with E-state index < -0.39 is 0 Å². The zero-order chi connectivity index (χ0) is 18.6. The van der Waals surface area contributed by atoms with Crippen molar-refractivity contribution in [1.29, 1.82) is 0 Å². The van der Waals surface area contributed by atoms with Crippen LogP contribution in [-0.2, 0) is 0 Å². The fourth-order valence-electron chi connectivity index (χ4n) is 3.09. The molecule has 2 amide bonds. The molecule has 3 aromatic carbocycles. The molecule has 1 atom stereocenters. The van der Waals surface area contributed by atoms with Gasteiger partial charge in [0.25, 0.3) is 0 Å². The van der Waals surface area contributed by atoms with Gasteiger partial charge in [-0.25, -0.2) is 4.79 Å². The summed E-state index contributed by atoms with van der Waals surface area (Å²) >= 11 is 0. The van der Waals surface area contributed by atoms with Crippen molar-refractivity contribution in [1.82, 2.24) is 10.6 Å². The van der Waals surface area contributed by atoms with Crippen molar-refractivity contribution >= 4 is 11.7 Å². The molecule has 134 valence electrons. The van der Waals surface area contributed by atoms with E-state index in [-0.39, 0.29) is 12.1 Å². The minimum atomic E-state index is -0.380. The van der Waals surface area contributed by atoms with E-state index in [1.165, 1.54) is 0 Å². The summed E-state index contributed by atoms with van der Waals surface area (Å²) < 4.78 is 6.27. The molecule has 0 bridgehead atoms. The van der Waals surface area contributed by atoms with Gasteiger partial charge in [0, 0.05) is 5.56 Å². The van der Waals surface area contributed by atoms with Gasteiger partial charge in [-0.05, 0) is 24.6 Å². The number of hydrogen-bond donors (Lipinski definition) is 2. The maximum Gasteiger partial charge on any atom is 0.320 e. The predicted octanol–water partition coefficient (Wildman–Crippen LogP) is 4.80. The van der Waals surface area contributed by atoms with E-state index >= 15 is 0 Å². The van der Waals surface area contributed by atoms with Crippen LogP contribution < -0.4 is 15.4 Å². The van der Waals surface area contributed by atoms with Gasteiger partial charge < -0.3 is 15.4 Å². The van der Waals surface area contributed by atoms with Crippen molar-refractivity contribution in [3.8, 4) is 5.75 Å². The quantitative estimate of drug-likeness (QED) is 0.706. The van der Waals surface area contributed by atoms with Crippen LogP contribution in [0, 0.1) is 6.92 Å². The Hall–Kier alpha value is -3.53. The SMILES string of the molecule is Cc1ccc(C2NC(=O)NC(c3ccccc3)=C2Oc2ccccc2)cc1. The highest BCUT2D eigenvalue weighted by Gasteiger charge is 2.31. The molecule has 1 unspecified atom stereocenters. The van der Waals surface area contributed by atoms with E-state index in [1.54, 1.807) is 0 Å². The average Bonchev–Trinajstić information content (AvgIpc) is 2.71. The Balaban J connectivity index is 1.85. The molecular weight excluding hydrogens is 336 g/mol. The highest BCUT2D eigenvalue weighted by atomic mass is 16.5. The van der Waals surface area contributed by atoms with Crippen LogP contribution in [0.1, 0.15) is 22.7 Å². The third kappa shape index (κ3) is 3.70. The lowest BCUT2D eigenvalue weighted by molar-refractivity contribution is 0.234. The van der Waals surface area contributed by atoms with E-state index in [1.807, 2.05) is 91.9 Å². The lowest BCUT2D eigenvalue weighted by atomic mass is 9.98. The summed E-state index contributed by atoms with van der Waals surface area (Å²) in [4.78, 5) is 12.4. The van der Waals surface area contributed by atoms with E-state index in [0.717, 1.165) is 22.4 Å². The average molecular weight is 356 g/mol. The Morgan fingerprint density at radius 1 is 0.815 bits per heavy atom.